The van der Waals surface area contributed by atoms with Crippen LogP contribution in [0.2, 0.25) is 0 Å². The normalized spacial score (nSPS) is 12.2. The van der Waals surface area contributed by atoms with E-state index in [-0.39, 0.29) is 6.04 Å². The van der Waals surface area contributed by atoms with Gasteiger partial charge in [0.25, 0.3) is 0 Å². The Morgan fingerprint density at radius 2 is 1.60 bits per heavy atom. The zero-order chi connectivity index (χ0) is 13.8. The van der Waals surface area contributed by atoms with Crippen molar-refractivity contribution in [3.05, 3.63) is 66.2 Å². The van der Waals surface area contributed by atoms with Crippen LogP contribution in [-0.2, 0) is 0 Å². The van der Waals surface area contributed by atoms with Gasteiger partial charge in [-0.25, -0.2) is 0 Å². The first kappa shape index (κ1) is 12.5. The van der Waals surface area contributed by atoms with Crippen molar-refractivity contribution in [3.8, 4) is 11.4 Å². The Balaban J connectivity index is 1.93. The fourth-order valence-corrected chi connectivity index (χ4v) is 2.10. The molecule has 0 saturated heterocycles. The molecule has 3 rings (SSSR count). The average Bonchev–Trinajstić information content (AvgIpc) is 3.00. The van der Waals surface area contributed by atoms with E-state index < -0.39 is 0 Å². The molecule has 0 saturated carbocycles. The van der Waals surface area contributed by atoms with Crippen molar-refractivity contribution in [1.29, 1.82) is 0 Å². The smallest absolute Gasteiger partial charge is 0.204 e. The zero-order valence-corrected chi connectivity index (χ0v) is 10.9. The van der Waals surface area contributed by atoms with Gasteiger partial charge in [0.1, 0.15) is 6.04 Å². The first-order chi connectivity index (χ1) is 9.88. The summed E-state index contributed by atoms with van der Waals surface area (Å²) in [7, 11) is 0. The second-order valence-corrected chi connectivity index (χ2v) is 4.46. The van der Waals surface area contributed by atoms with Gasteiger partial charge in [-0.1, -0.05) is 60.7 Å². The number of hydrogen-bond donors (Lipinski definition) is 1. The van der Waals surface area contributed by atoms with E-state index >= 15 is 0 Å². The van der Waals surface area contributed by atoms with Gasteiger partial charge in [-0.3, -0.25) is 0 Å². The minimum Gasteiger partial charge on any atom is -0.328 e. The molecule has 3 aromatic rings. The molecule has 1 aromatic heterocycles. The molecule has 100 valence electrons. The lowest BCUT2D eigenvalue weighted by molar-refractivity contribution is 0.458. The van der Waals surface area contributed by atoms with Gasteiger partial charge in [0.15, 0.2) is 0 Å². The topological polar surface area (TPSA) is 69.6 Å². The number of nitrogens with zero attached hydrogens (tertiary/aromatic N) is 4. The summed E-state index contributed by atoms with van der Waals surface area (Å²) in [6.07, 6.45) is 0. The molecule has 1 unspecified atom stereocenters. The summed E-state index contributed by atoms with van der Waals surface area (Å²) in [5.41, 5.74) is 7.88. The van der Waals surface area contributed by atoms with Crippen LogP contribution in [0.1, 0.15) is 11.6 Å². The fourth-order valence-electron chi connectivity index (χ4n) is 2.10. The Hall–Kier alpha value is -2.53. The lowest BCUT2D eigenvalue weighted by Gasteiger charge is -2.12. The number of aromatic nitrogens is 4. The van der Waals surface area contributed by atoms with Crippen LogP contribution >= 0.6 is 0 Å². The number of rotatable bonds is 4. The Bertz CT molecular complexity index is 663. The Kier molecular flexibility index (Phi) is 3.52. The molecular formula is C15H15N5. The van der Waals surface area contributed by atoms with E-state index in [1.54, 1.807) is 4.80 Å². The van der Waals surface area contributed by atoms with Crippen LogP contribution in [-0.4, -0.2) is 26.8 Å². The van der Waals surface area contributed by atoms with Crippen LogP contribution in [0.4, 0.5) is 0 Å². The van der Waals surface area contributed by atoms with E-state index in [4.69, 9.17) is 5.73 Å². The summed E-state index contributed by atoms with van der Waals surface area (Å²) < 4.78 is 0. The summed E-state index contributed by atoms with van der Waals surface area (Å²) in [6, 6.07) is 19.7. The lowest BCUT2D eigenvalue weighted by Crippen LogP contribution is -2.22. The quantitative estimate of drug-likeness (QED) is 0.782. The Labute approximate surface area is 117 Å². The van der Waals surface area contributed by atoms with Crippen molar-refractivity contribution in [2.24, 2.45) is 5.73 Å². The molecule has 5 nitrogen and oxygen atoms in total. The number of hydrogen-bond acceptors (Lipinski definition) is 4. The predicted octanol–water partition coefficient (Wildman–Crippen LogP) is 1.89. The average molecular weight is 265 g/mol. The van der Waals surface area contributed by atoms with Gasteiger partial charge in [0.2, 0.25) is 5.82 Å². The molecule has 0 aliphatic heterocycles. The monoisotopic (exact) mass is 265 g/mol. The maximum atomic E-state index is 5.86. The number of tetrazole rings is 1. The van der Waals surface area contributed by atoms with E-state index in [0.717, 1.165) is 11.1 Å². The van der Waals surface area contributed by atoms with E-state index in [1.807, 2.05) is 60.7 Å². The summed E-state index contributed by atoms with van der Waals surface area (Å²) in [5, 5.41) is 12.7. The molecule has 5 heteroatoms. The molecule has 2 aromatic carbocycles. The van der Waals surface area contributed by atoms with Crippen LogP contribution in [0.25, 0.3) is 11.4 Å². The van der Waals surface area contributed by atoms with Crippen molar-refractivity contribution in [2.75, 3.05) is 6.54 Å². The highest BCUT2D eigenvalue weighted by Crippen LogP contribution is 2.17. The molecule has 1 atom stereocenters. The molecule has 0 fully saturated rings. The third kappa shape index (κ3) is 2.44. The summed E-state index contributed by atoms with van der Waals surface area (Å²) >= 11 is 0. The van der Waals surface area contributed by atoms with Gasteiger partial charge in [-0.05, 0) is 10.8 Å². The van der Waals surface area contributed by atoms with E-state index in [0.29, 0.717) is 12.4 Å². The third-order valence-corrected chi connectivity index (χ3v) is 3.15. The Morgan fingerprint density at radius 1 is 0.950 bits per heavy atom. The van der Waals surface area contributed by atoms with Crippen molar-refractivity contribution in [2.45, 2.75) is 6.04 Å². The highest BCUT2D eigenvalue weighted by molar-refractivity contribution is 5.53. The molecule has 0 aliphatic carbocycles. The van der Waals surface area contributed by atoms with Crippen molar-refractivity contribution in [1.82, 2.24) is 20.2 Å². The van der Waals surface area contributed by atoms with Crippen molar-refractivity contribution in [3.63, 3.8) is 0 Å². The van der Waals surface area contributed by atoms with Gasteiger partial charge in [0.05, 0.1) is 0 Å². The van der Waals surface area contributed by atoms with Crippen LogP contribution in [0.15, 0.2) is 60.7 Å². The first-order valence-electron chi connectivity index (χ1n) is 6.48. The summed E-state index contributed by atoms with van der Waals surface area (Å²) in [4.78, 5) is 1.58. The van der Waals surface area contributed by atoms with Crippen molar-refractivity contribution < 1.29 is 0 Å². The van der Waals surface area contributed by atoms with Gasteiger partial charge < -0.3 is 5.73 Å². The second-order valence-electron chi connectivity index (χ2n) is 4.46. The first-order valence-corrected chi connectivity index (χ1v) is 6.48. The van der Waals surface area contributed by atoms with Crippen LogP contribution < -0.4 is 5.73 Å². The number of benzene rings is 2. The van der Waals surface area contributed by atoms with Crippen LogP contribution in [0, 0.1) is 0 Å². The van der Waals surface area contributed by atoms with E-state index in [2.05, 4.69) is 15.4 Å². The standard InChI is InChI=1S/C15H15N5/c16-11-14(12-7-3-1-4-8-12)20-18-15(17-19-20)13-9-5-2-6-10-13/h1-10,14H,11,16H2. The zero-order valence-electron chi connectivity index (χ0n) is 10.9. The molecule has 2 N–H and O–H groups in total. The van der Waals surface area contributed by atoms with Gasteiger partial charge >= 0.3 is 0 Å². The fraction of sp³-hybridized carbons (Fsp3) is 0.133. The van der Waals surface area contributed by atoms with Gasteiger partial charge in [-0.15, -0.1) is 10.2 Å². The van der Waals surface area contributed by atoms with E-state index in [1.165, 1.54) is 0 Å². The molecule has 0 radical (unpaired) electrons. The molecule has 0 amide bonds. The van der Waals surface area contributed by atoms with E-state index in [9.17, 15) is 0 Å². The number of nitrogens with two attached hydrogens (primary N) is 1. The maximum absolute atomic E-state index is 5.86. The largest absolute Gasteiger partial charge is 0.328 e. The van der Waals surface area contributed by atoms with Gasteiger partial charge in [0, 0.05) is 12.1 Å². The molecule has 20 heavy (non-hydrogen) atoms. The second kappa shape index (κ2) is 5.63. The maximum Gasteiger partial charge on any atom is 0.204 e. The van der Waals surface area contributed by atoms with Gasteiger partial charge in [-0.2, -0.15) is 4.80 Å². The predicted molar refractivity (Wildman–Crippen MR) is 76.9 cm³/mol. The molecule has 0 aliphatic rings. The minimum absolute atomic E-state index is 0.0961. The Morgan fingerprint density at radius 3 is 2.25 bits per heavy atom. The minimum atomic E-state index is -0.0961. The van der Waals surface area contributed by atoms with Crippen molar-refractivity contribution >= 4 is 0 Å². The SMILES string of the molecule is NCC(c1ccccc1)n1nnc(-c2ccccc2)n1. The van der Waals surface area contributed by atoms with Crippen LogP contribution in [0.3, 0.4) is 0 Å². The molecule has 1 heterocycles. The van der Waals surface area contributed by atoms with Crippen LogP contribution in [0.5, 0.6) is 0 Å². The lowest BCUT2D eigenvalue weighted by atomic mass is 10.1. The molecule has 0 spiro atoms. The molecule has 0 bridgehead atoms. The third-order valence-electron chi connectivity index (χ3n) is 3.15. The highest BCUT2D eigenvalue weighted by Gasteiger charge is 2.15. The molecular weight excluding hydrogens is 250 g/mol. The summed E-state index contributed by atoms with van der Waals surface area (Å²) in [5.74, 6) is 0.611. The highest BCUT2D eigenvalue weighted by atomic mass is 15.6. The summed E-state index contributed by atoms with van der Waals surface area (Å²) in [6.45, 7) is 0.425.